The Morgan fingerprint density at radius 3 is 2.48 bits per heavy atom. The van der Waals surface area contributed by atoms with Crippen molar-refractivity contribution in [1.82, 2.24) is 10.3 Å². The number of carbonyl (C=O) groups is 1. The molecule has 1 amide bonds. The number of nitrogens with zero attached hydrogens (tertiary/aromatic N) is 1. The highest BCUT2D eigenvalue weighted by Crippen LogP contribution is 2.28. The molecule has 1 unspecified atom stereocenters. The first-order chi connectivity index (χ1) is 11.1. The first-order valence-corrected chi connectivity index (χ1v) is 7.54. The first kappa shape index (κ1) is 16.8. The Hall–Kier alpha value is -2.56. The molecule has 5 nitrogen and oxygen atoms in total. The largest absolute Gasteiger partial charge is 0.493 e. The number of hydrogen-bond acceptors (Lipinski definition) is 4. The number of rotatable bonds is 7. The van der Waals surface area contributed by atoms with E-state index in [0.717, 1.165) is 11.1 Å². The quantitative estimate of drug-likeness (QED) is 0.853. The number of pyridine rings is 1. The third-order valence-electron chi connectivity index (χ3n) is 3.67. The molecule has 1 N–H and O–H groups in total. The van der Waals surface area contributed by atoms with E-state index in [1.165, 1.54) is 0 Å². The Labute approximate surface area is 136 Å². The van der Waals surface area contributed by atoms with Crippen LogP contribution < -0.4 is 14.8 Å². The first-order valence-electron chi connectivity index (χ1n) is 7.54. The fraction of sp³-hybridized carbons (Fsp3) is 0.333. The minimum atomic E-state index is -0.0316. The number of hydrogen-bond donors (Lipinski definition) is 1. The Balaban J connectivity index is 1.89. The zero-order valence-electron chi connectivity index (χ0n) is 13.7. The van der Waals surface area contributed by atoms with Crippen molar-refractivity contribution in [3.8, 4) is 11.5 Å². The Kier molecular flexibility index (Phi) is 5.97. The van der Waals surface area contributed by atoms with Gasteiger partial charge in [0, 0.05) is 18.8 Å². The number of carbonyl (C=O) groups excluding carboxylic acids is 1. The van der Waals surface area contributed by atoms with Gasteiger partial charge in [0.05, 0.1) is 20.3 Å². The third-order valence-corrected chi connectivity index (χ3v) is 3.67. The van der Waals surface area contributed by atoms with Crippen LogP contribution in [0, 0.1) is 0 Å². The molecular formula is C18H22N2O3. The van der Waals surface area contributed by atoms with Crippen molar-refractivity contribution < 1.29 is 14.3 Å². The second-order valence-corrected chi connectivity index (χ2v) is 5.26. The molecule has 2 aromatic rings. The maximum atomic E-state index is 12.1. The number of aryl methyl sites for hydroxylation is 1. The molecule has 2 rings (SSSR count). The van der Waals surface area contributed by atoms with E-state index in [0.29, 0.717) is 24.3 Å². The van der Waals surface area contributed by atoms with E-state index >= 15 is 0 Å². The SMILES string of the molecule is COc1ccc(CCC(=O)NC(C)c2ccncc2)cc1OC. The number of aromatic nitrogens is 1. The predicted molar refractivity (Wildman–Crippen MR) is 88.7 cm³/mol. The summed E-state index contributed by atoms with van der Waals surface area (Å²) in [6.07, 6.45) is 4.52. The standard InChI is InChI=1S/C18H22N2O3/c1-13(15-8-10-19-11-9-15)20-18(21)7-5-14-4-6-16(22-2)17(12-14)23-3/h4,6,8-13H,5,7H2,1-3H3,(H,20,21). The summed E-state index contributed by atoms with van der Waals surface area (Å²) in [5.74, 6) is 1.38. The van der Waals surface area contributed by atoms with Gasteiger partial charge in [0.15, 0.2) is 11.5 Å². The lowest BCUT2D eigenvalue weighted by molar-refractivity contribution is -0.121. The molecule has 0 aliphatic heterocycles. The summed E-state index contributed by atoms with van der Waals surface area (Å²) in [5.41, 5.74) is 2.08. The predicted octanol–water partition coefficient (Wildman–Crippen LogP) is 2.91. The van der Waals surface area contributed by atoms with Gasteiger partial charge in [0.25, 0.3) is 0 Å². The molecule has 0 saturated heterocycles. The van der Waals surface area contributed by atoms with Crippen LogP contribution in [0.25, 0.3) is 0 Å². The number of amides is 1. The molecule has 0 radical (unpaired) electrons. The number of methoxy groups -OCH3 is 2. The van der Waals surface area contributed by atoms with E-state index < -0.39 is 0 Å². The van der Waals surface area contributed by atoms with Gasteiger partial charge in [-0.3, -0.25) is 9.78 Å². The molecule has 1 atom stereocenters. The average Bonchev–Trinajstić information content (AvgIpc) is 2.60. The van der Waals surface area contributed by atoms with Crippen LogP contribution in [-0.4, -0.2) is 25.1 Å². The highest BCUT2D eigenvalue weighted by atomic mass is 16.5. The topological polar surface area (TPSA) is 60.5 Å². The van der Waals surface area contributed by atoms with E-state index in [4.69, 9.17) is 9.47 Å². The summed E-state index contributed by atoms with van der Waals surface area (Å²) in [5, 5.41) is 2.99. The van der Waals surface area contributed by atoms with Gasteiger partial charge in [0.1, 0.15) is 0 Å². The smallest absolute Gasteiger partial charge is 0.220 e. The zero-order chi connectivity index (χ0) is 16.7. The molecule has 0 aliphatic carbocycles. The molecular weight excluding hydrogens is 292 g/mol. The van der Waals surface area contributed by atoms with Crippen LogP contribution in [0.4, 0.5) is 0 Å². The summed E-state index contributed by atoms with van der Waals surface area (Å²) in [6.45, 7) is 1.96. The third kappa shape index (κ3) is 4.71. The monoisotopic (exact) mass is 314 g/mol. The molecule has 0 saturated carbocycles. The molecule has 23 heavy (non-hydrogen) atoms. The van der Waals surface area contributed by atoms with Gasteiger partial charge in [-0.1, -0.05) is 6.07 Å². The van der Waals surface area contributed by atoms with Gasteiger partial charge >= 0.3 is 0 Å². The van der Waals surface area contributed by atoms with Crippen LogP contribution in [-0.2, 0) is 11.2 Å². The minimum absolute atomic E-state index is 0.0177. The second-order valence-electron chi connectivity index (χ2n) is 5.26. The highest BCUT2D eigenvalue weighted by molar-refractivity contribution is 5.76. The van der Waals surface area contributed by atoms with Crippen molar-refractivity contribution >= 4 is 5.91 Å². The van der Waals surface area contributed by atoms with Crippen LogP contribution in [0.3, 0.4) is 0 Å². The van der Waals surface area contributed by atoms with Crippen LogP contribution in [0.5, 0.6) is 11.5 Å². The Morgan fingerprint density at radius 1 is 1.13 bits per heavy atom. The fourth-order valence-corrected chi connectivity index (χ4v) is 2.34. The van der Waals surface area contributed by atoms with Crippen LogP contribution in [0.1, 0.15) is 30.5 Å². The molecule has 0 fully saturated rings. The lowest BCUT2D eigenvalue weighted by Gasteiger charge is -2.14. The van der Waals surface area contributed by atoms with Gasteiger partial charge in [-0.25, -0.2) is 0 Å². The van der Waals surface area contributed by atoms with Crippen molar-refractivity contribution in [2.75, 3.05) is 14.2 Å². The van der Waals surface area contributed by atoms with Crippen LogP contribution >= 0.6 is 0 Å². The van der Waals surface area contributed by atoms with Crippen LogP contribution in [0.2, 0.25) is 0 Å². The van der Waals surface area contributed by atoms with E-state index in [1.54, 1.807) is 26.6 Å². The van der Waals surface area contributed by atoms with Crippen molar-refractivity contribution in [1.29, 1.82) is 0 Å². The van der Waals surface area contributed by atoms with Crippen molar-refractivity contribution in [3.05, 3.63) is 53.9 Å². The van der Waals surface area contributed by atoms with Gasteiger partial charge in [-0.05, 0) is 48.7 Å². The molecule has 0 bridgehead atoms. The number of nitrogens with one attached hydrogen (secondary N) is 1. The maximum Gasteiger partial charge on any atom is 0.220 e. The van der Waals surface area contributed by atoms with E-state index in [1.807, 2.05) is 37.3 Å². The summed E-state index contributed by atoms with van der Waals surface area (Å²) in [4.78, 5) is 16.1. The van der Waals surface area contributed by atoms with Crippen LogP contribution in [0.15, 0.2) is 42.7 Å². The van der Waals surface area contributed by atoms with Crippen molar-refractivity contribution in [2.45, 2.75) is 25.8 Å². The summed E-state index contributed by atoms with van der Waals surface area (Å²) in [7, 11) is 3.20. The normalized spacial score (nSPS) is 11.6. The molecule has 5 heteroatoms. The highest BCUT2D eigenvalue weighted by Gasteiger charge is 2.10. The lowest BCUT2D eigenvalue weighted by atomic mass is 10.1. The number of benzene rings is 1. The van der Waals surface area contributed by atoms with Gasteiger partial charge in [-0.15, -0.1) is 0 Å². The number of ether oxygens (including phenoxy) is 2. The second kappa shape index (κ2) is 8.17. The molecule has 0 aliphatic rings. The Morgan fingerprint density at radius 2 is 1.83 bits per heavy atom. The van der Waals surface area contributed by atoms with Crippen molar-refractivity contribution in [3.63, 3.8) is 0 Å². The summed E-state index contributed by atoms with van der Waals surface area (Å²) in [6, 6.07) is 9.47. The van der Waals surface area contributed by atoms with Gasteiger partial charge < -0.3 is 14.8 Å². The Bertz CT molecular complexity index is 644. The van der Waals surface area contributed by atoms with E-state index in [-0.39, 0.29) is 11.9 Å². The average molecular weight is 314 g/mol. The van der Waals surface area contributed by atoms with E-state index in [2.05, 4.69) is 10.3 Å². The van der Waals surface area contributed by atoms with E-state index in [9.17, 15) is 4.79 Å². The fourth-order valence-electron chi connectivity index (χ4n) is 2.34. The minimum Gasteiger partial charge on any atom is -0.493 e. The van der Waals surface area contributed by atoms with Gasteiger partial charge in [0.2, 0.25) is 5.91 Å². The maximum absolute atomic E-state index is 12.1. The molecule has 1 aromatic heterocycles. The molecule has 1 heterocycles. The van der Waals surface area contributed by atoms with Crippen molar-refractivity contribution in [2.24, 2.45) is 0 Å². The summed E-state index contributed by atoms with van der Waals surface area (Å²) < 4.78 is 10.5. The lowest BCUT2D eigenvalue weighted by Crippen LogP contribution is -2.26. The molecule has 1 aromatic carbocycles. The molecule has 0 spiro atoms. The molecule has 122 valence electrons. The zero-order valence-corrected chi connectivity index (χ0v) is 13.7. The van der Waals surface area contributed by atoms with Gasteiger partial charge in [-0.2, -0.15) is 0 Å². The summed E-state index contributed by atoms with van der Waals surface area (Å²) >= 11 is 0.